The van der Waals surface area contributed by atoms with Crippen LogP contribution < -0.4 is 5.32 Å². The molecule has 23 heavy (non-hydrogen) atoms. The number of nitrogens with zero attached hydrogens (tertiary/aromatic N) is 1. The first-order valence-corrected chi connectivity index (χ1v) is 8.74. The molecule has 1 aromatic rings. The lowest BCUT2D eigenvalue weighted by atomic mass is 10.0. The predicted molar refractivity (Wildman–Crippen MR) is 84.6 cm³/mol. The number of hydrogen-bond acceptors (Lipinski definition) is 6. The van der Waals surface area contributed by atoms with Gasteiger partial charge in [0.25, 0.3) is 11.8 Å². The van der Waals surface area contributed by atoms with Gasteiger partial charge in [-0.1, -0.05) is 6.07 Å². The number of carbonyl (C=O) groups is 3. The van der Waals surface area contributed by atoms with Gasteiger partial charge in [-0.05, 0) is 23.9 Å². The van der Waals surface area contributed by atoms with Gasteiger partial charge in [-0.25, -0.2) is 4.79 Å². The topological polar surface area (TPSA) is 107 Å². The zero-order chi connectivity index (χ0) is 16.7. The van der Waals surface area contributed by atoms with E-state index >= 15 is 0 Å². The number of aliphatic hydroxyl groups excluding tert-OH is 1. The third kappa shape index (κ3) is 2.64. The van der Waals surface area contributed by atoms with Crippen LogP contribution in [0.3, 0.4) is 0 Å². The Morgan fingerprint density at radius 3 is 2.83 bits per heavy atom. The zero-order valence-corrected chi connectivity index (χ0v) is 13.7. The standard InChI is InChI=1S/C14H14N2O5S2/c1-6-5-23-13-8(12(19)16(13)9(6)14(20)21)15-11(18)10(17)7-3-2-4-22-7/h2-4,8,10,13,17H,5H2,1H3,(H,15,18)(H,20,21)/t8?,10?,13-/m0/s1. The second kappa shape index (κ2) is 5.99. The van der Waals surface area contributed by atoms with Crippen LogP contribution in [0.2, 0.25) is 0 Å². The van der Waals surface area contributed by atoms with Gasteiger partial charge >= 0.3 is 5.97 Å². The van der Waals surface area contributed by atoms with Crippen LogP contribution in [-0.2, 0) is 14.4 Å². The number of thioether (sulfide) groups is 1. The van der Waals surface area contributed by atoms with Crippen LogP contribution in [0.5, 0.6) is 0 Å². The normalized spacial score (nSPS) is 24.8. The lowest BCUT2D eigenvalue weighted by molar-refractivity contribution is -0.151. The van der Waals surface area contributed by atoms with Crippen molar-refractivity contribution in [2.24, 2.45) is 0 Å². The van der Waals surface area contributed by atoms with Crippen LogP contribution >= 0.6 is 23.1 Å². The van der Waals surface area contributed by atoms with Gasteiger partial charge in [0.2, 0.25) is 0 Å². The maximum absolute atomic E-state index is 12.2. The molecule has 1 saturated heterocycles. The lowest BCUT2D eigenvalue weighted by Crippen LogP contribution is -2.70. The third-order valence-corrected chi connectivity index (χ3v) is 6.07. The molecule has 0 aliphatic carbocycles. The van der Waals surface area contributed by atoms with E-state index in [1.165, 1.54) is 28.0 Å². The highest BCUT2D eigenvalue weighted by Gasteiger charge is 2.54. The van der Waals surface area contributed by atoms with Gasteiger partial charge in [-0.2, -0.15) is 0 Å². The fourth-order valence-corrected chi connectivity index (χ4v) is 4.58. The average molecular weight is 354 g/mol. The Morgan fingerprint density at radius 1 is 1.48 bits per heavy atom. The smallest absolute Gasteiger partial charge is 0.352 e. The highest BCUT2D eigenvalue weighted by atomic mass is 32.2. The Morgan fingerprint density at radius 2 is 2.22 bits per heavy atom. The number of carbonyl (C=O) groups excluding carboxylic acids is 2. The van der Waals surface area contributed by atoms with Crippen molar-refractivity contribution < 1.29 is 24.6 Å². The Hall–Kier alpha value is -1.84. The van der Waals surface area contributed by atoms with Crippen LogP contribution in [0.15, 0.2) is 28.8 Å². The van der Waals surface area contributed by atoms with Crippen molar-refractivity contribution in [3.63, 3.8) is 0 Å². The molecule has 2 amide bonds. The molecule has 1 aromatic heterocycles. The van der Waals surface area contributed by atoms with E-state index in [0.29, 0.717) is 16.2 Å². The van der Waals surface area contributed by atoms with E-state index in [1.54, 1.807) is 24.4 Å². The van der Waals surface area contributed by atoms with Gasteiger partial charge in [0.05, 0.1) is 0 Å². The van der Waals surface area contributed by atoms with Crippen LogP contribution in [0.25, 0.3) is 0 Å². The highest BCUT2D eigenvalue weighted by Crippen LogP contribution is 2.40. The number of fused-ring (bicyclic) bond motifs is 1. The van der Waals surface area contributed by atoms with Crippen molar-refractivity contribution >= 4 is 40.9 Å². The molecule has 122 valence electrons. The zero-order valence-electron chi connectivity index (χ0n) is 12.1. The van der Waals surface area contributed by atoms with Gasteiger partial charge in [0, 0.05) is 10.6 Å². The fourth-order valence-electron chi connectivity index (χ4n) is 2.58. The summed E-state index contributed by atoms with van der Waals surface area (Å²) in [7, 11) is 0. The monoisotopic (exact) mass is 354 g/mol. The number of rotatable bonds is 4. The second-order valence-electron chi connectivity index (χ2n) is 5.25. The maximum Gasteiger partial charge on any atom is 0.352 e. The minimum Gasteiger partial charge on any atom is -0.477 e. The van der Waals surface area contributed by atoms with Crippen LogP contribution in [0.1, 0.15) is 17.9 Å². The largest absolute Gasteiger partial charge is 0.477 e. The van der Waals surface area contributed by atoms with Crippen molar-refractivity contribution in [2.45, 2.75) is 24.4 Å². The van der Waals surface area contributed by atoms with E-state index in [1.807, 2.05) is 0 Å². The molecule has 9 heteroatoms. The Bertz CT molecular complexity index is 700. The molecule has 3 atom stereocenters. The quantitative estimate of drug-likeness (QED) is 0.682. The lowest BCUT2D eigenvalue weighted by Gasteiger charge is -2.49. The first-order valence-electron chi connectivity index (χ1n) is 6.81. The molecule has 2 aliphatic heterocycles. The minimum absolute atomic E-state index is 0.0111. The molecule has 3 rings (SSSR count). The third-order valence-electron chi connectivity index (χ3n) is 3.72. The van der Waals surface area contributed by atoms with E-state index in [4.69, 9.17) is 0 Å². The molecule has 0 radical (unpaired) electrons. The van der Waals surface area contributed by atoms with Crippen LogP contribution in [0.4, 0.5) is 0 Å². The minimum atomic E-state index is -1.33. The molecule has 1 fully saturated rings. The number of carboxylic acids is 1. The molecule has 2 aliphatic rings. The summed E-state index contributed by atoms with van der Waals surface area (Å²) in [5.74, 6) is -1.79. The van der Waals surface area contributed by atoms with Crippen molar-refractivity contribution in [1.29, 1.82) is 0 Å². The SMILES string of the molecule is CC1=C(C(=O)O)N2C(=O)C(NC(=O)C(O)c3cccs3)[C@@H]2SC1. The molecule has 0 bridgehead atoms. The number of nitrogens with one attached hydrogen (secondary N) is 1. The summed E-state index contributed by atoms with van der Waals surface area (Å²) in [6, 6.07) is 2.54. The Balaban J connectivity index is 1.72. The summed E-state index contributed by atoms with van der Waals surface area (Å²) in [4.78, 5) is 37.3. The summed E-state index contributed by atoms with van der Waals surface area (Å²) in [6.45, 7) is 1.67. The van der Waals surface area contributed by atoms with E-state index in [2.05, 4.69) is 5.32 Å². The van der Waals surface area contributed by atoms with Crippen molar-refractivity contribution in [2.75, 3.05) is 5.75 Å². The second-order valence-corrected chi connectivity index (χ2v) is 7.33. The first kappa shape index (κ1) is 16.0. The molecule has 0 saturated carbocycles. The van der Waals surface area contributed by atoms with Gasteiger partial charge in [0.1, 0.15) is 17.1 Å². The Kier molecular flexibility index (Phi) is 4.17. The summed E-state index contributed by atoms with van der Waals surface area (Å²) < 4.78 is 0. The van der Waals surface area contributed by atoms with Gasteiger partial charge in [0.15, 0.2) is 6.10 Å². The number of aliphatic hydroxyl groups is 1. The van der Waals surface area contributed by atoms with Crippen molar-refractivity contribution in [3.8, 4) is 0 Å². The Labute approximate surface area is 140 Å². The average Bonchev–Trinajstić information content (AvgIpc) is 3.05. The van der Waals surface area contributed by atoms with Crippen LogP contribution in [-0.4, -0.2) is 50.1 Å². The van der Waals surface area contributed by atoms with Gasteiger partial charge in [-0.15, -0.1) is 23.1 Å². The first-order chi connectivity index (χ1) is 10.9. The van der Waals surface area contributed by atoms with Gasteiger partial charge < -0.3 is 15.5 Å². The summed E-state index contributed by atoms with van der Waals surface area (Å²) >= 11 is 2.64. The number of β-lactam (4-membered cyclic amide) rings is 1. The molecule has 3 heterocycles. The summed E-state index contributed by atoms with van der Waals surface area (Å²) in [6.07, 6.45) is -1.33. The number of carboxylic acid groups (broad SMARTS) is 1. The van der Waals surface area contributed by atoms with Gasteiger partial charge in [-0.3, -0.25) is 14.5 Å². The highest BCUT2D eigenvalue weighted by molar-refractivity contribution is 8.00. The van der Waals surface area contributed by atoms with Crippen LogP contribution in [0, 0.1) is 0 Å². The van der Waals surface area contributed by atoms with E-state index in [9.17, 15) is 24.6 Å². The maximum atomic E-state index is 12.2. The molecule has 2 unspecified atom stereocenters. The predicted octanol–water partition coefficient (Wildman–Crippen LogP) is 0.540. The molecule has 7 nitrogen and oxygen atoms in total. The summed E-state index contributed by atoms with van der Waals surface area (Å²) in [5, 5.41) is 23.0. The number of amides is 2. The number of thiophene rings is 1. The fraction of sp³-hybridized carbons (Fsp3) is 0.357. The number of hydrogen-bond donors (Lipinski definition) is 3. The molecular formula is C14H14N2O5S2. The molecule has 0 spiro atoms. The van der Waals surface area contributed by atoms with E-state index in [-0.39, 0.29) is 5.70 Å². The number of aliphatic carboxylic acids is 1. The van der Waals surface area contributed by atoms with Crippen molar-refractivity contribution in [3.05, 3.63) is 33.7 Å². The van der Waals surface area contributed by atoms with Crippen molar-refractivity contribution in [1.82, 2.24) is 10.2 Å². The molecular weight excluding hydrogens is 340 g/mol. The van der Waals surface area contributed by atoms with E-state index < -0.39 is 35.3 Å². The molecule has 3 N–H and O–H groups in total. The van der Waals surface area contributed by atoms with E-state index in [0.717, 1.165) is 0 Å². The molecule has 0 aromatic carbocycles. The summed E-state index contributed by atoms with van der Waals surface area (Å²) in [5.41, 5.74) is 0.610.